The van der Waals surface area contributed by atoms with Crippen LogP contribution >= 0.6 is 0 Å². The van der Waals surface area contributed by atoms with E-state index in [1.54, 1.807) is 40.8 Å². The van der Waals surface area contributed by atoms with Gasteiger partial charge in [0.2, 0.25) is 0 Å². The molecule has 4 aromatic rings. The van der Waals surface area contributed by atoms with E-state index < -0.39 is 0 Å². The van der Waals surface area contributed by atoms with E-state index in [-0.39, 0.29) is 0 Å². The number of hydrogen-bond acceptors (Lipinski definition) is 6. The first-order valence-electron chi connectivity index (χ1n) is 9.63. The summed E-state index contributed by atoms with van der Waals surface area (Å²) in [6, 6.07) is 15.3. The van der Waals surface area contributed by atoms with Crippen molar-refractivity contribution in [1.29, 1.82) is 0 Å². The van der Waals surface area contributed by atoms with Crippen molar-refractivity contribution in [2.45, 2.75) is 0 Å². The molecule has 2 aromatic carbocycles. The first-order valence-corrected chi connectivity index (χ1v) is 9.63. The van der Waals surface area contributed by atoms with Gasteiger partial charge in [-0.1, -0.05) is 0 Å². The Morgan fingerprint density at radius 2 is 1.29 bits per heavy atom. The quantitative estimate of drug-likeness (QED) is 0.464. The van der Waals surface area contributed by atoms with Crippen molar-refractivity contribution >= 4 is 0 Å². The molecule has 0 aliphatic carbocycles. The summed E-state index contributed by atoms with van der Waals surface area (Å²) >= 11 is 0. The largest absolute Gasteiger partial charge is 0.493 e. The van der Waals surface area contributed by atoms with Crippen LogP contribution in [0.2, 0.25) is 0 Å². The van der Waals surface area contributed by atoms with Crippen molar-refractivity contribution in [3.8, 4) is 56.9 Å². The first kappa shape index (κ1) is 20.3. The molecule has 31 heavy (non-hydrogen) atoms. The molecule has 0 radical (unpaired) electrons. The van der Waals surface area contributed by atoms with Crippen LogP contribution in [0.5, 0.6) is 23.0 Å². The van der Waals surface area contributed by atoms with Crippen LogP contribution in [-0.2, 0) is 0 Å². The number of imidazole rings is 1. The summed E-state index contributed by atoms with van der Waals surface area (Å²) < 4.78 is 21.8. The summed E-state index contributed by atoms with van der Waals surface area (Å²) in [6.07, 6.45) is 3.51. The van der Waals surface area contributed by atoms with E-state index in [0.29, 0.717) is 28.8 Å². The van der Waals surface area contributed by atoms with Crippen LogP contribution in [0.4, 0.5) is 0 Å². The van der Waals surface area contributed by atoms with Gasteiger partial charge in [-0.25, -0.2) is 4.98 Å². The lowest BCUT2D eigenvalue weighted by molar-refractivity contribution is 0.355. The lowest BCUT2D eigenvalue weighted by Gasteiger charge is -2.11. The molecule has 0 aliphatic rings. The molecule has 7 nitrogen and oxygen atoms in total. The molecule has 2 heterocycles. The number of benzene rings is 2. The standard InChI is InChI=1S/C24H23N3O4/c1-28-18-9-7-15(12-20(18)30-3)22-23(16-8-10-19(29-2)21(13-16)31-4)27-24(26-22)17-6-5-11-25-14-17/h5-14H,1-4H3,(H,26,27). The van der Waals surface area contributed by atoms with Crippen molar-refractivity contribution in [3.63, 3.8) is 0 Å². The van der Waals surface area contributed by atoms with Crippen LogP contribution in [0, 0.1) is 0 Å². The molecule has 0 saturated carbocycles. The molecule has 0 saturated heterocycles. The Kier molecular flexibility index (Phi) is 5.75. The fourth-order valence-corrected chi connectivity index (χ4v) is 3.41. The fourth-order valence-electron chi connectivity index (χ4n) is 3.41. The number of nitrogens with one attached hydrogen (secondary N) is 1. The van der Waals surface area contributed by atoms with E-state index in [9.17, 15) is 0 Å². The molecule has 4 rings (SSSR count). The van der Waals surface area contributed by atoms with Gasteiger partial charge in [0.1, 0.15) is 5.82 Å². The monoisotopic (exact) mass is 417 g/mol. The summed E-state index contributed by atoms with van der Waals surface area (Å²) in [4.78, 5) is 12.6. The number of ether oxygens (including phenoxy) is 4. The van der Waals surface area contributed by atoms with Crippen LogP contribution in [0.25, 0.3) is 33.9 Å². The average Bonchev–Trinajstić information content (AvgIpc) is 3.29. The zero-order valence-electron chi connectivity index (χ0n) is 17.8. The number of rotatable bonds is 7. The molecule has 0 atom stereocenters. The Balaban J connectivity index is 1.91. The minimum atomic E-state index is 0.629. The fraction of sp³-hybridized carbons (Fsp3) is 0.167. The van der Waals surface area contributed by atoms with Crippen LogP contribution in [-0.4, -0.2) is 43.4 Å². The van der Waals surface area contributed by atoms with Crippen LogP contribution in [0.1, 0.15) is 0 Å². The number of pyridine rings is 1. The van der Waals surface area contributed by atoms with E-state index in [1.807, 2.05) is 48.5 Å². The Bertz CT molecular complexity index is 1120. The third-order valence-corrected chi connectivity index (χ3v) is 4.97. The second-order valence-corrected chi connectivity index (χ2v) is 6.69. The van der Waals surface area contributed by atoms with Gasteiger partial charge in [0.15, 0.2) is 23.0 Å². The number of hydrogen-bond donors (Lipinski definition) is 1. The maximum absolute atomic E-state index is 5.50. The van der Waals surface area contributed by atoms with Crippen LogP contribution in [0.15, 0.2) is 60.9 Å². The first-order chi connectivity index (χ1) is 15.2. The number of H-pyrrole nitrogens is 1. The number of methoxy groups -OCH3 is 4. The van der Waals surface area contributed by atoms with Crippen LogP contribution in [0.3, 0.4) is 0 Å². The summed E-state index contributed by atoms with van der Waals surface area (Å²) in [5, 5.41) is 0. The van der Waals surface area contributed by atoms with Gasteiger partial charge in [-0.05, 0) is 48.5 Å². The van der Waals surface area contributed by atoms with Gasteiger partial charge < -0.3 is 23.9 Å². The highest BCUT2D eigenvalue weighted by atomic mass is 16.5. The molecule has 7 heteroatoms. The maximum atomic E-state index is 5.50. The molecule has 2 aromatic heterocycles. The number of aromatic amines is 1. The van der Waals surface area contributed by atoms with Crippen molar-refractivity contribution in [2.24, 2.45) is 0 Å². The smallest absolute Gasteiger partial charge is 0.161 e. The summed E-state index contributed by atoms with van der Waals surface area (Å²) in [5.41, 5.74) is 4.29. The highest BCUT2D eigenvalue weighted by Crippen LogP contribution is 2.39. The van der Waals surface area contributed by atoms with Crippen molar-refractivity contribution < 1.29 is 18.9 Å². The summed E-state index contributed by atoms with van der Waals surface area (Å²) in [5.74, 6) is 3.29. The molecule has 0 bridgehead atoms. The Labute approximate surface area is 180 Å². The Morgan fingerprint density at radius 3 is 1.87 bits per heavy atom. The van der Waals surface area contributed by atoms with E-state index in [1.165, 1.54) is 0 Å². The highest BCUT2D eigenvalue weighted by Gasteiger charge is 2.18. The number of aromatic nitrogens is 3. The van der Waals surface area contributed by atoms with Gasteiger partial charge in [0.25, 0.3) is 0 Å². The van der Waals surface area contributed by atoms with E-state index >= 15 is 0 Å². The van der Waals surface area contributed by atoms with Gasteiger partial charge in [0.05, 0.1) is 39.8 Å². The normalized spacial score (nSPS) is 10.6. The summed E-state index contributed by atoms with van der Waals surface area (Å²) in [6.45, 7) is 0. The number of nitrogens with zero attached hydrogens (tertiary/aromatic N) is 2. The lowest BCUT2D eigenvalue weighted by atomic mass is 10.0. The third kappa shape index (κ3) is 3.90. The minimum absolute atomic E-state index is 0.629. The van der Waals surface area contributed by atoms with E-state index in [0.717, 1.165) is 28.1 Å². The summed E-state index contributed by atoms with van der Waals surface area (Å²) in [7, 11) is 6.46. The Morgan fingerprint density at radius 1 is 0.677 bits per heavy atom. The zero-order valence-corrected chi connectivity index (χ0v) is 17.8. The molecule has 1 N–H and O–H groups in total. The van der Waals surface area contributed by atoms with Gasteiger partial charge >= 0.3 is 0 Å². The Hall–Kier alpha value is -4.00. The second-order valence-electron chi connectivity index (χ2n) is 6.69. The molecule has 0 unspecified atom stereocenters. The molecule has 0 spiro atoms. The van der Waals surface area contributed by atoms with Crippen molar-refractivity contribution in [2.75, 3.05) is 28.4 Å². The SMILES string of the molecule is COc1ccc(-c2nc(-c3cccnc3)[nH]c2-c2ccc(OC)c(OC)c2)cc1OC. The van der Waals surface area contributed by atoms with Gasteiger partial charge in [-0.15, -0.1) is 0 Å². The molecule has 0 amide bonds. The molecule has 0 aliphatic heterocycles. The predicted molar refractivity (Wildman–Crippen MR) is 119 cm³/mol. The average molecular weight is 417 g/mol. The third-order valence-electron chi connectivity index (χ3n) is 4.97. The zero-order chi connectivity index (χ0) is 21.8. The molecule has 158 valence electrons. The van der Waals surface area contributed by atoms with E-state index in [2.05, 4.69) is 9.97 Å². The molecular weight excluding hydrogens is 394 g/mol. The minimum Gasteiger partial charge on any atom is -0.493 e. The van der Waals surface area contributed by atoms with Gasteiger partial charge in [-0.2, -0.15) is 0 Å². The van der Waals surface area contributed by atoms with E-state index in [4.69, 9.17) is 23.9 Å². The maximum Gasteiger partial charge on any atom is 0.161 e. The topological polar surface area (TPSA) is 78.5 Å². The van der Waals surface area contributed by atoms with Crippen molar-refractivity contribution in [1.82, 2.24) is 15.0 Å². The molecular formula is C24H23N3O4. The van der Waals surface area contributed by atoms with Gasteiger partial charge in [-0.3, -0.25) is 4.98 Å². The second kappa shape index (κ2) is 8.79. The predicted octanol–water partition coefficient (Wildman–Crippen LogP) is 4.84. The molecule has 0 fully saturated rings. The highest BCUT2D eigenvalue weighted by molar-refractivity contribution is 5.83. The van der Waals surface area contributed by atoms with Crippen molar-refractivity contribution in [3.05, 3.63) is 60.9 Å². The van der Waals surface area contributed by atoms with Crippen LogP contribution < -0.4 is 18.9 Å². The van der Waals surface area contributed by atoms with Gasteiger partial charge in [0, 0.05) is 29.1 Å². The lowest BCUT2D eigenvalue weighted by Crippen LogP contribution is -1.93.